The van der Waals surface area contributed by atoms with Gasteiger partial charge >= 0.3 is 13.2 Å². The average molecular weight is 399 g/mol. The number of ether oxygens (including phenoxy) is 1. The monoisotopic (exact) mass is 399 g/mol. The third kappa shape index (κ3) is 4.26. The van der Waals surface area contributed by atoms with E-state index in [1.807, 2.05) is 60.6 Å². The highest BCUT2D eigenvalue weighted by Gasteiger charge is 2.52. The van der Waals surface area contributed by atoms with Crippen molar-refractivity contribution in [1.29, 1.82) is 5.26 Å². The molecule has 2 atom stereocenters. The minimum Gasteiger partial charge on any atom is -0.444 e. The van der Waals surface area contributed by atoms with Crippen LogP contribution in [-0.4, -0.2) is 52.5 Å². The summed E-state index contributed by atoms with van der Waals surface area (Å²) in [6.07, 6.45) is 1.95. The Kier molecular flexibility index (Phi) is 5.44. The Balaban J connectivity index is 1.74. The Morgan fingerprint density at radius 1 is 1.28 bits per heavy atom. The Morgan fingerprint density at radius 2 is 1.90 bits per heavy atom. The minimum absolute atomic E-state index is 0.153. The zero-order valence-electron chi connectivity index (χ0n) is 18.4. The summed E-state index contributed by atoms with van der Waals surface area (Å²) in [4.78, 5) is 18.5. The molecule has 2 aliphatic rings. The topological polar surface area (TPSA) is 84.7 Å². The maximum Gasteiger partial charge on any atom is 0.496 e. The molecule has 0 bridgehead atoms. The average Bonchev–Trinajstić information content (AvgIpc) is 3.12. The third-order valence-electron chi connectivity index (χ3n) is 5.87. The predicted molar refractivity (Wildman–Crippen MR) is 110 cm³/mol. The Hall–Kier alpha value is -2.11. The molecule has 2 aliphatic heterocycles. The molecule has 0 aromatic carbocycles. The number of hydrogen-bond donors (Lipinski definition) is 0. The summed E-state index contributed by atoms with van der Waals surface area (Å²) < 4.78 is 17.6. The van der Waals surface area contributed by atoms with Gasteiger partial charge in [0, 0.05) is 29.8 Å². The number of likely N-dealkylation sites (tertiary alicyclic amines) is 1. The van der Waals surface area contributed by atoms with Crippen LogP contribution in [0.1, 0.15) is 66.5 Å². The summed E-state index contributed by atoms with van der Waals surface area (Å²) in [6, 6.07) is 5.48. The van der Waals surface area contributed by atoms with Crippen LogP contribution < -0.4 is 5.46 Å². The molecular formula is C21H30BN3O4. The van der Waals surface area contributed by atoms with E-state index >= 15 is 0 Å². The number of nitriles is 1. The lowest BCUT2D eigenvalue weighted by atomic mass is 9.80. The fourth-order valence-corrected chi connectivity index (χ4v) is 3.54. The van der Waals surface area contributed by atoms with Crippen molar-refractivity contribution in [2.24, 2.45) is 0 Å². The van der Waals surface area contributed by atoms with Crippen molar-refractivity contribution in [3.63, 3.8) is 0 Å². The van der Waals surface area contributed by atoms with Crippen molar-refractivity contribution in [3.8, 4) is 6.07 Å². The SMILES string of the molecule is CC(C)(C)OC(=O)N1CCC(c2ccc(B3OC(C)(C)C(C)(C)O3)cn2)C1C#N. The second-order valence-corrected chi connectivity index (χ2v) is 9.75. The van der Waals surface area contributed by atoms with Crippen LogP contribution in [0.2, 0.25) is 0 Å². The molecule has 8 heteroatoms. The number of hydrogen-bond acceptors (Lipinski definition) is 6. The molecule has 0 radical (unpaired) electrons. The van der Waals surface area contributed by atoms with Crippen molar-refractivity contribution >= 4 is 18.7 Å². The molecule has 1 aromatic rings. The molecule has 29 heavy (non-hydrogen) atoms. The summed E-state index contributed by atoms with van der Waals surface area (Å²) in [6.45, 7) is 14.0. The number of nitrogens with zero attached hydrogens (tertiary/aromatic N) is 3. The molecule has 1 amide bonds. The van der Waals surface area contributed by atoms with E-state index < -0.39 is 36.1 Å². The molecule has 1 aromatic heterocycles. The fraction of sp³-hybridized carbons (Fsp3) is 0.667. The molecule has 0 N–H and O–H groups in total. The normalized spacial score (nSPS) is 25.7. The summed E-state index contributed by atoms with van der Waals surface area (Å²) in [5.41, 5.74) is 0.187. The second kappa shape index (κ2) is 7.30. The molecule has 156 valence electrons. The van der Waals surface area contributed by atoms with E-state index in [0.717, 1.165) is 11.2 Å². The second-order valence-electron chi connectivity index (χ2n) is 9.75. The van der Waals surface area contributed by atoms with Crippen molar-refractivity contribution in [1.82, 2.24) is 9.88 Å². The van der Waals surface area contributed by atoms with Gasteiger partial charge in [-0.05, 0) is 61.0 Å². The van der Waals surface area contributed by atoms with Gasteiger partial charge in [-0.25, -0.2) is 4.79 Å². The van der Waals surface area contributed by atoms with E-state index in [2.05, 4.69) is 11.1 Å². The lowest BCUT2D eigenvalue weighted by Crippen LogP contribution is -2.41. The van der Waals surface area contributed by atoms with Crippen LogP contribution in [0.3, 0.4) is 0 Å². The van der Waals surface area contributed by atoms with E-state index in [4.69, 9.17) is 14.0 Å². The lowest BCUT2D eigenvalue weighted by Gasteiger charge is -2.32. The van der Waals surface area contributed by atoms with Crippen molar-refractivity contribution in [3.05, 3.63) is 24.0 Å². The first-order valence-electron chi connectivity index (χ1n) is 10.1. The Bertz CT molecular complexity index is 795. The summed E-state index contributed by atoms with van der Waals surface area (Å²) in [5, 5.41) is 9.69. The highest BCUT2D eigenvalue weighted by atomic mass is 16.7. The molecule has 2 unspecified atom stereocenters. The van der Waals surface area contributed by atoms with Gasteiger partial charge in [-0.15, -0.1) is 0 Å². The van der Waals surface area contributed by atoms with E-state index in [9.17, 15) is 10.1 Å². The lowest BCUT2D eigenvalue weighted by molar-refractivity contribution is 0.00578. The molecule has 2 saturated heterocycles. The molecule has 3 heterocycles. The highest BCUT2D eigenvalue weighted by molar-refractivity contribution is 6.62. The van der Waals surface area contributed by atoms with E-state index in [1.165, 1.54) is 4.90 Å². The number of carbonyl (C=O) groups excluding carboxylic acids is 1. The van der Waals surface area contributed by atoms with E-state index in [1.54, 1.807) is 6.20 Å². The van der Waals surface area contributed by atoms with Gasteiger partial charge in [-0.2, -0.15) is 5.26 Å². The fourth-order valence-electron chi connectivity index (χ4n) is 3.54. The van der Waals surface area contributed by atoms with Gasteiger partial charge in [0.15, 0.2) is 0 Å². The molecule has 0 saturated carbocycles. The van der Waals surface area contributed by atoms with Crippen molar-refractivity contribution in [2.75, 3.05) is 6.54 Å². The maximum absolute atomic E-state index is 12.5. The highest BCUT2D eigenvalue weighted by Crippen LogP contribution is 2.37. The number of pyridine rings is 1. The molecule has 0 aliphatic carbocycles. The van der Waals surface area contributed by atoms with Gasteiger partial charge < -0.3 is 14.0 Å². The van der Waals surface area contributed by atoms with Gasteiger partial charge in [-0.1, -0.05) is 6.07 Å². The summed E-state index contributed by atoms with van der Waals surface area (Å²) >= 11 is 0. The van der Waals surface area contributed by atoms with Crippen LogP contribution in [0.25, 0.3) is 0 Å². The molecular weight excluding hydrogens is 369 g/mol. The molecule has 2 fully saturated rings. The van der Waals surface area contributed by atoms with Crippen LogP contribution in [0.5, 0.6) is 0 Å². The smallest absolute Gasteiger partial charge is 0.444 e. The minimum atomic E-state index is -0.599. The van der Waals surface area contributed by atoms with Crippen LogP contribution in [0.4, 0.5) is 4.79 Å². The van der Waals surface area contributed by atoms with Gasteiger partial charge in [0.05, 0.1) is 17.3 Å². The third-order valence-corrected chi connectivity index (χ3v) is 5.87. The predicted octanol–water partition coefficient (Wildman–Crippen LogP) is 3.00. The first-order chi connectivity index (χ1) is 13.3. The number of rotatable bonds is 2. The summed E-state index contributed by atoms with van der Waals surface area (Å²) in [7, 11) is -0.477. The zero-order valence-corrected chi connectivity index (χ0v) is 18.4. The molecule has 0 spiro atoms. The van der Waals surface area contributed by atoms with Gasteiger partial charge in [0.1, 0.15) is 11.6 Å². The molecule has 7 nitrogen and oxygen atoms in total. The maximum atomic E-state index is 12.5. The summed E-state index contributed by atoms with van der Waals surface area (Å²) in [5.74, 6) is -0.153. The number of amides is 1. The first kappa shape index (κ1) is 21.6. The zero-order chi connectivity index (χ0) is 21.6. The number of carbonyl (C=O) groups is 1. The van der Waals surface area contributed by atoms with Crippen LogP contribution in [0, 0.1) is 11.3 Å². The Morgan fingerprint density at radius 3 is 2.38 bits per heavy atom. The van der Waals surface area contributed by atoms with Gasteiger partial charge in [-0.3, -0.25) is 9.88 Å². The first-order valence-corrected chi connectivity index (χ1v) is 10.1. The van der Waals surface area contributed by atoms with Crippen LogP contribution >= 0.6 is 0 Å². The Labute approximate surface area is 173 Å². The van der Waals surface area contributed by atoms with Crippen LogP contribution in [0.15, 0.2) is 18.3 Å². The largest absolute Gasteiger partial charge is 0.496 e. The van der Waals surface area contributed by atoms with Crippen molar-refractivity contribution < 1.29 is 18.8 Å². The standard InChI is InChI=1S/C21H30BN3O4/c1-19(2,3)27-18(26)25-11-10-15(17(25)12-23)16-9-8-14(13-24-16)22-28-20(4,5)21(6,7)29-22/h8-9,13,15,17H,10-11H2,1-7H3. The molecule has 3 rings (SSSR count). The van der Waals surface area contributed by atoms with Crippen LogP contribution in [-0.2, 0) is 14.0 Å². The quantitative estimate of drug-likeness (QED) is 0.711. The van der Waals surface area contributed by atoms with Crippen molar-refractivity contribution in [2.45, 2.75) is 83.6 Å². The van der Waals surface area contributed by atoms with Gasteiger partial charge in [0.2, 0.25) is 0 Å². The van der Waals surface area contributed by atoms with Gasteiger partial charge in [0.25, 0.3) is 0 Å². The number of aromatic nitrogens is 1. The van der Waals surface area contributed by atoms with E-state index in [0.29, 0.717) is 13.0 Å². The van der Waals surface area contributed by atoms with E-state index in [-0.39, 0.29) is 5.92 Å².